The van der Waals surface area contributed by atoms with Crippen LogP contribution in [0, 0.1) is 11.7 Å². The molecule has 94 valence electrons. The smallest absolute Gasteiger partial charge is 0.178 e. The van der Waals surface area contributed by atoms with E-state index in [-0.39, 0.29) is 17.5 Å². The van der Waals surface area contributed by atoms with Crippen LogP contribution in [-0.4, -0.2) is 19.0 Å². The maximum Gasteiger partial charge on any atom is 0.178 e. The Morgan fingerprint density at radius 1 is 1.39 bits per heavy atom. The highest BCUT2D eigenvalue weighted by Crippen LogP contribution is 2.29. The van der Waals surface area contributed by atoms with E-state index in [1.54, 1.807) is 6.07 Å². The molecule has 1 atom stereocenters. The minimum atomic E-state index is -0.260. The summed E-state index contributed by atoms with van der Waals surface area (Å²) in [5, 5.41) is 0.932. The van der Waals surface area contributed by atoms with Crippen LogP contribution in [0.1, 0.15) is 22.5 Å². The minimum Gasteiger partial charge on any atom is -0.381 e. The Hall–Kier alpha value is -1.26. The van der Waals surface area contributed by atoms with Crippen molar-refractivity contribution in [3.63, 3.8) is 0 Å². The van der Waals surface area contributed by atoms with Gasteiger partial charge in [0.25, 0.3) is 0 Å². The van der Waals surface area contributed by atoms with E-state index < -0.39 is 0 Å². The molecule has 0 saturated carbocycles. The van der Waals surface area contributed by atoms with E-state index in [2.05, 4.69) is 0 Å². The molecule has 0 radical (unpaired) electrons. The van der Waals surface area contributed by atoms with Crippen LogP contribution in [0.3, 0.4) is 0 Å². The highest BCUT2D eigenvalue weighted by molar-refractivity contribution is 7.20. The normalized spacial score (nSPS) is 20.2. The quantitative estimate of drug-likeness (QED) is 0.774. The third-order valence-corrected chi connectivity index (χ3v) is 4.37. The van der Waals surface area contributed by atoms with Gasteiger partial charge >= 0.3 is 0 Å². The lowest BCUT2D eigenvalue weighted by molar-refractivity contribution is 0.0464. The van der Waals surface area contributed by atoms with E-state index in [0.717, 1.165) is 29.5 Å². The number of carbonyl (C=O) groups excluding carboxylic acids is 1. The number of ketones is 1. The summed E-state index contributed by atoms with van der Waals surface area (Å²) in [7, 11) is 0. The van der Waals surface area contributed by atoms with Crippen LogP contribution in [0.25, 0.3) is 10.1 Å². The predicted octanol–water partition coefficient (Wildman–Crippen LogP) is 3.65. The topological polar surface area (TPSA) is 26.3 Å². The second-order valence-corrected chi connectivity index (χ2v) is 5.65. The second kappa shape index (κ2) is 4.78. The van der Waals surface area contributed by atoms with Crippen molar-refractivity contribution in [2.45, 2.75) is 12.8 Å². The van der Waals surface area contributed by atoms with Gasteiger partial charge in [-0.25, -0.2) is 4.39 Å². The summed E-state index contributed by atoms with van der Waals surface area (Å²) >= 11 is 1.37. The number of hydrogen-bond donors (Lipinski definition) is 0. The Morgan fingerprint density at radius 2 is 2.28 bits per heavy atom. The SMILES string of the molecule is O=C(c1cc2ccc(F)cc2s1)C1CCCOC1. The molecule has 3 rings (SSSR count). The molecule has 0 bridgehead atoms. The number of fused-ring (bicyclic) bond motifs is 1. The van der Waals surface area contributed by atoms with Gasteiger partial charge < -0.3 is 4.74 Å². The van der Waals surface area contributed by atoms with Crippen molar-refractivity contribution in [2.75, 3.05) is 13.2 Å². The van der Waals surface area contributed by atoms with Gasteiger partial charge in [0, 0.05) is 17.2 Å². The number of halogens is 1. The molecule has 1 saturated heterocycles. The zero-order valence-corrected chi connectivity index (χ0v) is 10.6. The molecular formula is C14H13FO2S. The lowest BCUT2D eigenvalue weighted by atomic mass is 9.96. The molecule has 1 fully saturated rings. The standard InChI is InChI=1S/C14H13FO2S/c15-11-4-3-9-6-13(18-12(9)7-11)14(16)10-2-1-5-17-8-10/h3-4,6-7,10H,1-2,5,8H2. The first-order chi connectivity index (χ1) is 8.74. The van der Waals surface area contributed by atoms with Gasteiger partial charge in [0.15, 0.2) is 5.78 Å². The summed E-state index contributed by atoms with van der Waals surface area (Å²) in [6, 6.07) is 6.48. The highest BCUT2D eigenvalue weighted by Gasteiger charge is 2.24. The van der Waals surface area contributed by atoms with Crippen LogP contribution in [0.2, 0.25) is 0 Å². The molecule has 1 aromatic carbocycles. The zero-order valence-electron chi connectivity index (χ0n) is 9.82. The summed E-state index contributed by atoms with van der Waals surface area (Å²) in [5.41, 5.74) is 0. The first kappa shape index (κ1) is 11.8. The highest BCUT2D eigenvalue weighted by atomic mass is 32.1. The van der Waals surface area contributed by atoms with Crippen LogP contribution in [0.15, 0.2) is 24.3 Å². The van der Waals surface area contributed by atoms with Gasteiger partial charge in [-0.1, -0.05) is 6.07 Å². The molecule has 1 aliphatic rings. The van der Waals surface area contributed by atoms with Gasteiger partial charge in [-0.05, 0) is 36.4 Å². The molecule has 2 heterocycles. The maximum absolute atomic E-state index is 13.1. The van der Waals surface area contributed by atoms with E-state index in [9.17, 15) is 9.18 Å². The predicted molar refractivity (Wildman–Crippen MR) is 69.7 cm³/mol. The number of thiophene rings is 1. The largest absolute Gasteiger partial charge is 0.381 e. The molecular weight excluding hydrogens is 251 g/mol. The number of rotatable bonds is 2. The molecule has 0 N–H and O–H groups in total. The van der Waals surface area contributed by atoms with Crippen LogP contribution < -0.4 is 0 Å². The molecule has 0 aliphatic carbocycles. The monoisotopic (exact) mass is 264 g/mol. The Labute approximate surface area is 108 Å². The van der Waals surface area contributed by atoms with Gasteiger partial charge in [0.2, 0.25) is 0 Å². The zero-order chi connectivity index (χ0) is 12.5. The van der Waals surface area contributed by atoms with Gasteiger partial charge in [0.1, 0.15) is 5.82 Å². The van der Waals surface area contributed by atoms with Crippen molar-refractivity contribution >= 4 is 27.2 Å². The van der Waals surface area contributed by atoms with Crippen LogP contribution >= 0.6 is 11.3 Å². The van der Waals surface area contributed by atoms with Gasteiger partial charge in [-0.15, -0.1) is 11.3 Å². The average Bonchev–Trinajstić information content (AvgIpc) is 2.81. The lowest BCUT2D eigenvalue weighted by Gasteiger charge is -2.19. The van der Waals surface area contributed by atoms with Crippen LogP contribution in [0.4, 0.5) is 4.39 Å². The summed E-state index contributed by atoms with van der Waals surface area (Å²) in [5.74, 6) is -0.155. The fraction of sp³-hybridized carbons (Fsp3) is 0.357. The fourth-order valence-corrected chi connectivity index (χ4v) is 3.38. The number of carbonyl (C=O) groups is 1. The Morgan fingerprint density at radius 3 is 3.06 bits per heavy atom. The van der Waals surface area contributed by atoms with Crippen molar-refractivity contribution in [3.05, 3.63) is 35.0 Å². The fourth-order valence-electron chi connectivity index (χ4n) is 2.28. The van der Waals surface area contributed by atoms with E-state index >= 15 is 0 Å². The van der Waals surface area contributed by atoms with Crippen molar-refractivity contribution in [3.8, 4) is 0 Å². The van der Waals surface area contributed by atoms with Gasteiger partial charge in [0.05, 0.1) is 11.5 Å². The number of Topliss-reactive ketones (excluding diaryl/α,β-unsaturated/α-hetero) is 1. The molecule has 1 aliphatic heterocycles. The molecule has 0 amide bonds. The van der Waals surface area contributed by atoms with Crippen molar-refractivity contribution in [2.24, 2.45) is 5.92 Å². The third-order valence-electron chi connectivity index (χ3n) is 3.26. The molecule has 1 aromatic heterocycles. The molecule has 2 aromatic rings. The number of benzene rings is 1. The average molecular weight is 264 g/mol. The number of ether oxygens (including phenoxy) is 1. The van der Waals surface area contributed by atoms with Crippen molar-refractivity contribution in [1.82, 2.24) is 0 Å². The Bertz CT molecular complexity index is 584. The van der Waals surface area contributed by atoms with Crippen LogP contribution in [-0.2, 0) is 4.74 Å². The first-order valence-electron chi connectivity index (χ1n) is 6.05. The number of hydrogen-bond acceptors (Lipinski definition) is 3. The van der Waals surface area contributed by atoms with E-state index in [1.165, 1.54) is 23.5 Å². The van der Waals surface area contributed by atoms with E-state index in [1.807, 2.05) is 6.07 Å². The van der Waals surface area contributed by atoms with Gasteiger partial charge in [-0.3, -0.25) is 4.79 Å². The summed E-state index contributed by atoms with van der Waals surface area (Å²) in [6.07, 6.45) is 1.83. The second-order valence-electron chi connectivity index (χ2n) is 4.57. The molecule has 18 heavy (non-hydrogen) atoms. The van der Waals surface area contributed by atoms with E-state index in [0.29, 0.717) is 11.5 Å². The molecule has 0 spiro atoms. The summed E-state index contributed by atoms with van der Waals surface area (Å²) in [6.45, 7) is 1.27. The third kappa shape index (κ3) is 2.18. The van der Waals surface area contributed by atoms with E-state index in [4.69, 9.17) is 4.74 Å². The lowest BCUT2D eigenvalue weighted by Crippen LogP contribution is -2.24. The molecule has 2 nitrogen and oxygen atoms in total. The van der Waals surface area contributed by atoms with Crippen molar-refractivity contribution < 1.29 is 13.9 Å². The first-order valence-corrected chi connectivity index (χ1v) is 6.87. The Kier molecular flexibility index (Phi) is 3.14. The van der Waals surface area contributed by atoms with Crippen LogP contribution in [0.5, 0.6) is 0 Å². The Balaban J connectivity index is 1.91. The minimum absolute atomic E-state index is 0.0309. The van der Waals surface area contributed by atoms with Crippen molar-refractivity contribution in [1.29, 1.82) is 0 Å². The summed E-state index contributed by atoms with van der Waals surface area (Å²) in [4.78, 5) is 13.0. The van der Waals surface area contributed by atoms with Gasteiger partial charge in [-0.2, -0.15) is 0 Å². The summed E-state index contributed by atoms with van der Waals surface area (Å²) < 4.78 is 19.3. The molecule has 1 unspecified atom stereocenters. The molecule has 4 heteroatoms. The maximum atomic E-state index is 13.1.